The zero-order valence-corrected chi connectivity index (χ0v) is 10.9. The van der Waals surface area contributed by atoms with Gasteiger partial charge in [-0.15, -0.1) is 0 Å². The highest BCUT2D eigenvalue weighted by molar-refractivity contribution is 5.85. The molecule has 1 amide bonds. The van der Waals surface area contributed by atoms with Gasteiger partial charge in [0.15, 0.2) is 6.04 Å². The molecule has 1 aromatic heterocycles. The Hall–Kier alpha value is -1.89. The number of carbonyl (C=O) groups excluding carboxylic acids is 1. The minimum Gasteiger partial charge on any atom is -0.480 e. The average molecular weight is 268 g/mol. The Morgan fingerprint density at radius 1 is 1.47 bits per heavy atom. The summed E-state index contributed by atoms with van der Waals surface area (Å²) in [7, 11) is 0. The summed E-state index contributed by atoms with van der Waals surface area (Å²) in [6.07, 6.45) is 0.102. The van der Waals surface area contributed by atoms with Crippen molar-refractivity contribution in [3.05, 3.63) is 17.0 Å². The number of hydrogen-bond acceptors (Lipinski definition) is 5. The van der Waals surface area contributed by atoms with Crippen molar-refractivity contribution < 1.29 is 24.0 Å². The third kappa shape index (κ3) is 2.76. The van der Waals surface area contributed by atoms with Crippen LogP contribution in [0.2, 0.25) is 0 Å². The summed E-state index contributed by atoms with van der Waals surface area (Å²) in [4.78, 5) is 24.7. The van der Waals surface area contributed by atoms with Crippen molar-refractivity contribution in [2.24, 2.45) is 0 Å². The number of nitrogens with zero attached hydrogens (tertiary/aromatic N) is 2. The van der Waals surface area contributed by atoms with E-state index >= 15 is 0 Å². The Morgan fingerprint density at radius 3 is 2.79 bits per heavy atom. The van der Waals surface area contributed by atoms with Gasteiger partial charge >= 0.3 is 5.97 Å². The Balaban J connectivity index is 2.12. The summed E-state index contributed by atoms with van der Waals surface area (Å²) in [6.45, 7) is 4.17. The van der Waals surface area contributed by atoms with Crippen molar-refractivity contribution in [1.29, 1.82) is 0 Å². The van der Waals surface area contributed by atoms with Gasteiger partial charge in [0, 0.05) is 12.1 Å². The van der Waals surface area contributed by atoms with Crippen molar-refractivity contribution in [3.8, 4) is 0 Å². The van der Waals surface area contributed by atoms with Crippen LogP contribution >= 0.6 is 0 Å². The first-order valence-corrected chi connectivity index (χ1v) is 6.02. The first kappa shape index (κ1) is 13.5. The highest BCUT2D eigenvalue weighted by atomic mass is 16.5. The zero-order valence-electron chi connectivity index (χ0n) is 10.9. The van der Waals surface area contributed by atoms with Gasteiger partial charge in [-0.1, -0.05) is 5.16 Å². The van der Waals surface area contributed by atoms with E-state index < -0.39 is 12.0 Å². The molecule has 0 aliphatic carbocycles. The van der Waals surface area contributed by atoms with Crippen LogP contribution < -0.4 is 0 Å². The molecule has 1 aliphatic heterocycles. The van der Waals surface area contributed by atoms with E-state index in [9.17, 15) is 9.59 Å². The first-order valence-electron chi connectivity index (χ1n) is 6.02. The normalized spacial score (nSPS) is 19.5. The predicted molar refractivity (Wildman–Crippen MR) is 63.6 cm³/mol. The predicted octanol–water partition coefficient (Wildman–Crippen LogP) is 0.146. The number of rotatable bonds is 3. The summed E-state index contributed by atoms with van der Waals surface area (Å²) in [5, 5.41) is 12.9. The minimum absolute atomic E-state index is 0.0304. The third-order valence-corrected chi connectivity index (χ3v) is 3.24. The Kier molecular flexibility index (Phi) is 3.84. The number of aromatic nitrogens is 1. The number of aryl methyl sites for hydroxylation is 2. The molecule has 2 heterocycles. The molecule has 1 N–H and O–H groups in total. The van der Waals surface area contributed by atoms with Crippen LogP contribution in [0.15, 0.2) is 4.52 Å². The highest BCUT2D eigenvalue weighted by Gasteiger charge is 2.33. The fourth-order valence-electron chi connectivity index (χ4n) is 2.11. The second-order valence-electron chi connectivity index (χ2n) is 4.50. The van der Waals surface area contributed by atoms with Crippen LogP contribution in [0.3, 0.4) is 0 Å². The molecular weight excluding hydrogens is 252 g/mol. The molecule has 1 aliphatic rings. The van der Waals surface area contributed by atoms with Crippen molar-refractivity contribution in [1.82, 2.24) is 10.1 Å². The van der Waals surface area contributed by atoms with Gasteiger partial charge in [-0.05, 0) is 13.8 Å². The van der Waals surface area contributed by atoms with Crippen molar-refractivity contribution in [3.63, 3.8) is 0 Å². The number of aliphatic carboxylic acids is 1. The van der Waals surface area contributed by atoms with Crippen LogP contribution in [0.25, 0.3) is 0 Å². The fraction of sp³-hybridized carbons (Fsp3) is 0.583. The topological polar surface area (TPSA) is 92.9 Å². The van der Waals surface area contributed by atoms with Crippen molar-refractivity contribution >= 4 is 11.9 Å². The lowest BCUT2D eigenvalue weighted by atomic mass is 10.1. The lowest BCUT2D eigenvalue weighted by molar-refractivity contribution is -0.158. The number of hydrogen-bond donors (Lipinski definition) is 1. The van der Waals surface area contributed by atoms with Gasteiger partial charge in [0.25, 0.3) is 0 Å². The van der Waals surface area contributed by atoms with Gasteiger partial charge in [-0.25, -0.2) is 4.79 Å². The molecule has 1 aromatic rings. The maximum absolute atomic E-state index is 12.2. The van der Waals surface area contributed by atoms with E-state index in [4.69, 9.17) is 14.4 Å². The highest BCUT2D eigenvalue weighted by Crippen LogP contribution is 2.16. The second kappa shape index (κ2) is 5.40. The van der Waals surface area contributed by atoms with E-state index in [0.717, 1.165) is 5.56 Å². The maximum Gasteiger partial charge on any atom is 0.328 e. The van der Waals surface area contributed by atoms with Crippen LogP contribution in [-0.4, -0.2) is 52.8 Å². The molecule has 0 radical (unpaired) electrons. The standard InChI is InChI=1S/C12H16N2O5/c1-7-9(8(2)19-13-7)5-11(15)14-3-4-18-6-10(14)12(16)17/h10H,3-6H2,1-2H3,(H,16,17)/t10-/m1/s1. The molecule has 1 atom stereocenters. The van der Waals surface area contributed by atoms with E-state index in [1.165, 1.54) is 4.90 Å². The Morgan fingerprint density at radius 2 is 2.21 bits per heavy atom. The molecule has 0 spiro atoms. The first-order chi connectivity index (χ1) is 9.00. The molecule has 7 nitrogen and oxygen atoms in total. The minimum atomic E-state index is -1.05. The molecule has 1 saturated heterocycles. The molecule has 7 heteroatoms. The van der Waals surface area contributed by atoms with Crippen LogP contribution in [0.4, 0.5) is 0 Å². The molecule has 0 saturated carbocycles. The molecule has 104 valence electrons. The maximum atomic E-state index is 12.2. The summed E-state index contributed by atoms with van der Waals surface area (Å²) < 4.78 is 10.1. The molecule has 0 aromatic carbocycles. The Bertz CT molecular complexity index is 477. The van der Waals surface area contributed by atoms with Gasteiger partial charge in [0.1, 0.15) is 5.76 Å². The van der Waals surface area contributed by atoms with E-state index in [1.54, 1.807) is 13.8 Å². The van der Waals surface area contributed by atoms with E-state index in [2.05, 4.69) is 5.16 Å². The number of carboxylic acid groups (broad SMARTS) is 1. The number of carbonyl (C=O) groups is 2. The molecule has 0 unspecified atom stereocenters. The summed E-state index contributed by atoms with van der Waals surface area (Å²) >= 11 is 0. The zero-order chi connectivity index (χ0) is 14.0. The molecule has 0 bridgehead atoms. The SMILES string of the molecule is Cc1noc(C)c1CC(=O)N1CCOC[C@@H]1C(=O)O. The van der Waals surface area contributed by atoms with Gasteiger partial charge in [-0.3, -0.25) is 4.79 Å². The molecule has 2 rings (SSSR count). The van der Waals surface area contributed by atoms with E-state index in [-0.39, 0.29) is 18.9 Å². The quantitative estimate of drug-likeness (QED) is 0.838. The van der Waals surface area contributed by atoms with Crippen LogP contribution in [-0.2, 0) is 20.7 Å². The monoisotopic (exact) mass is 268 g/mol. The number of ether oxygens (including phenoxy) is 1. The van der Waals surface area contributed by atoms with Gasteiger partial charge in [0.05, 0.1) is 25.3 Å². The van der Waals surface area contributed by atoms with Crippen LogP contribution in [0.5, 0.6) is 0 Å². The lowest BCUT2D eigenvalue weighted by Crippen LogP contribution is -2.53. The smallest absolute Gasteiger partial charge is 0.328 e. The van der Waals surface area contributed by atoms with Gasteiger partial charge < -0.3 is 19.3 Å². The van der Waals surface area contributed by atoms with Crippen molar-refractivity contribution in [2.75, 3.05) is 19.8 Å². The molecule has 1 fully saturated rings. The summed E-state index contributed by atoms with van der Waals surface area (Å²) in [5.74, 6) is -0.706. The number of amides is 1. The fourth-order valence-corrected chi connectivity index (χ4v) is 2.11. The molecular formula is C12H16N2O5. The number of carboxylic acids is 1. The third-order valence-electron chi connectivity index (χ3n) is 3.24. The van der Waals surface area contributed by atoms with Crippen LogP contribution in [0.1, 0.15) is 17.0 Å². The van der Waals surface area contributed by atoms with E-state index in [0.29, 0.717) is 24.6 Å². The molecule has 19 heavy (non-hydrogen) atoms. The van der Waals surface area contributed by atoms with E-state index in [1.807, 2.05) is 0 Å². The lowest BCUT2D eigenvalue weighted by Gasteiger charge is -2.32. The van der Waals surface area contributed by atoms with Gasteiger partial charge in [-0.2, -0.15) is 0 Å². The van der Waals surface area contributed by atoms with Crippen molar-refractivity contribution in [2.45, 2.75) is 26.3 Å². The largest absolute Gasteiger partial charge is 0.480 e. The Labute approximate surface area is 110 Å². The summed E-state index contributed by atoms with van der Waals surface area (Å²) in [6, 6.07) is -0.915. The van der Waals surface area contributed by atoms with Gasteiger partial charge in [0.2, 0.25) is 5.91 Å². The number of morpholine rings is 1. The van der Waals surface area contributed by atoms with Crippen LogP contribution in [0, 0.1) is 13.8 Å². The second-order valence-corrected chi connectivity index (χ2v) is 4.50. The summed E-state index contributed by atoms with van der Waals surface area (Å²) in [5.41, 5.74) is 1.38. The average Bonchev–Trinajstić information content (AvgIpc) is 2.70.